The van der Waals surface area contributed by atoms with E-state index in [9.17, 15) is 0 Å². The van der Waals surface area contributed by atoms with Crippen LogP contribution in [0.15, 0.2) is 18.2 Å². The number of methoxy groups -OCH3 is 1. The van der Waals surface area contributed by atoms with Crippen LogP contribution in [-0.2, 0) is 0 Å². The number of rotatable bonds is 5. The maximum atomic E-state index is 6.48. The molecule has 0 bridgehead atoms. The van der Waals surface area contributed by atoms with Crippen molar-refractivity contribution in [1.82, 2.24) is 5.32 Å². The van der Waals surface area contributed by atoms with Gasteiger partial charge in [0, 0.05) is 11.1 Å². The van der Waals surface area contributed by atoms with E-state index in [0.717, 1.165) is 17.3 Å². The molecule has 1 unspecified atom stereocenters. The number of ether oxygens (including phenoxy) is 1. The summed E-state index contributed by atoms with van der Waals surface area (Å²) in [7, 11) is 1.67. The van der Waals surface area contributed by atoms with Gasteiger partial charge in [0.1, 0.15) is 5.75 Å². The molecule has 2 rings (SSSR count). The molecular weight excluding hydrogens is 270 g/mol. The van der Waals surface area contributed by atoms with Gasteiger partial charge >= 0.3 is 0 Å². The van der Waals surface area contributed by atoms with Crippen LogP contribution in [0, 0.1) is 16.7 Å². The summed E-state index contributed by atoms with van der Waals surface area (Å²) >= 11 is 6.48. The summed E-state index contributed by atoms with van der Waals surface area (Å²) in [6.45, 7) is 12.5. The van der Waals surface area contributed by atoms with Crippen LogP contribution >= 0.6 is 11.6 Å². The van der Waals surface area contributed by atoms with E-state index in [2.05, 4.69) is 46.0 Å². The molecule has 1 aromatic carbocycles. The van der Waals surface area contributed by atoms with Crippen LogP contribution in [-0.4, -0.2) is 13.7 Å². The molecule has 0 amide bonds. The van der Waals surface area contributed by atoms with Crippen molar-refractivity contribution in [3.05, 3.63) is 28.8 Å². The Morgan fingerprint density at radius 3 is 2.25 bits per heavy atom. The minimum absolute atomic E-state index is 0.295. The highest BCUT2D eigenvalue weighted by Gasteiger charge is 2.67. The molecule has 0 heterocycles. The van der Waals surface area contributed by atoms with E-state index in [1.165, 1.54) is 5.56 Å². The molecule has 1 aliphatic rings. The molecule has 0 spiro atoms. The van der Waals surface area contributed by atoms with Gasteiger partial charge in [-0.15, -0.1) is 0 Å². The standard InChI is InChI=1S/C17H26ClNO/c1-7-19-14(15-16(2,3)17(15,4)5)12-9-8-11(20-6)10-13(12)18/h8-10,14-15,19H,7H2,1-6H3. The Kier molecular flexibility index (Phi) is 4.10. The molecule has 1 aromatic rings. The van der Waals surface area contributed by atoms with Gasteiger partial charge < -0.3 is 10.1 Å². The molecule has 1 saturated carbocycles. The highest BCUT2D eigenvalue weighted by atomic mass is 35.5. The zero-order valence-corrected chi connectivity index (χ0v) is 14.1. The lowest BCUT2D eigenvalue weighted by Gasteiger charge is -2.22. The number of benzene rings is 1. The predicted molar refractivity (Wildman–Crippen MR) is 85.5 cm³/mol. The van der Waals surface area contributed by atoms with Crippen molar-refractivity contribution in [1.29, 1.82) is 0 Å². The number of hydrogen-bond acceptors (Lipinski definition) is 2. The summed E-state index contributed by atoms with van der Waals surface area (Å²) in [5.41, 5.74) is 1.82. The third-order valence-electron chi connectivity index (χ3n) is 5.43. The van der Waals surface area contributed by atoms with E-state index >= 15 is 0 Å². The Hall–Kier alpha value is -0.730. The van der Waals surface area contributed by atoms with Crippen molar-refractivity contribution in [3.8, 4) is 5.75 Å². The Labute approximate surface area is 127 Å². The van der Waals surface area contributed by atoms with E-state index in [0.29, 0.717) is 22.8 Å². The number of halogens is 1. The smallest absolute Gasteiger partial charge is 0.120 e. The third-order valence-corrected chi connectivity index (χ3v) is 5.76. The van der Waals surface area contributed by atoms with E-state index in [4.69, 9.17) is 16.3 Å². The third kappa shape index (κ3) is 2.33. The highest BCUT2D eigenvalue weighted by molar-refractivity contribution is 6.31. The van der Waals surface area contributed by atoms with E-state index in [-0.39, 0.29) is 0 Å². The second-order valence-corrected chi connectivity index (χ2v) is 7.25. The molecule has 0 radical (unpaired) electrons. The van der Waals surface area contributed by atoms with Crippen LogP contribution in [0.4, 0.5) is 0 Å². The minimum atomic E-state index is 0.295. The van der Waals surface area contributed by atoms with E-state index in [1.807, 2.05) is 12.1 Å². The Bertz CT molecular complexity index is 482. The zero-order valence-electron chi connectivity index (χ0n) is 13.4. The molecule has 0 saturated heterocycles. The fraction of sp³-hybridized carbons (Fsp3) is 0.647. The normalized spacial score (nSPS) is 21.6. The molecule has 0 aliphatic heterocycles. The SMILES string of the molecule is CCNC(c1ccc(OC)cc1Cl)C1C(C)(C)C1(C)C. The summed E-state index contributed by atoms with van der Waals surface area (Å²) < 4.78 is 5.24. The minimum Gasteiger partial charge on any atom is -0.497 e. The lowest BCUT2D eigenvalue weighted by Crippen LogP contribution is -2.25. The van der Waals surface area contributed by atoms with Gasteiger partial charge in [-0.1, -0.05) is 52.3 Å². The Morgan fingerprint density at radius 1 is 1.25 bits per heavy atom. The van der Waals surface area contributed by atoms with Crippen LogP contribution < -0.4 is 10.1 Å². The fourth-order valence-corrected chi connectivity index (χ4v) is 3.88. The summed E-state index contributed by atoms with van der Waals surface area (Å²) in [4.78, 5) is 0. The van der Waals surface area contributed by atoms with Gasteiger partial charge in [-0.05, 0) is 41.0 Å². The van der Waals surface area contributed by atoms with Crippen molar-refractivity contribution in [2.45, 2.75) is 40.7 Å². The Balaban J connectivity index is 2.36. The number of nitrogens with one attached hydrogen (secondary N) is 1. The second kappa shape index (κ2) is 5.23. The predicted octanol–water partition coefficient (Wildman–Crippen LogP) is 4.68. The summed E-state index contributed by atoms with van der Waals surface area (Å²) in [5, 5.41) is 4.41. The fourth-order valence-electron chi connectivity index (χ4n) is 3.60. The first-order valence-electron chi connectivity index (χ1n) is 7.34. The molecule has 1 N–H and O–H groups in total. The van der Waals surface area contributed by atoms with Crippen LogP contribution in [0.3, 0.4) is 0 Å². The lowest BCUT2D eigenvalue weighted by atomic mass is 9.96. The highest BCUT2D eigenvalue weighted by Crippen LogP contribution is 2.72. The molecule has 1 atom stereocenters. The van der Waals surface area contributed by atoms with Crippen LogP contribution in [0.1, 0.15) is 46.2 Å². The summed E-state index contributed by atoms with van der Waals surface area (Å²) in [5.74, 6) is 1.39. The van der Waals surface area contributed by atoms with Crippen molar-refractivity contribution < 1.29 is 4.74 Å². The average Bonchev–Trinajstić information content (AvgIpc) is 2.77. The maximum absolute atomic E-state index is 6.48. The molecule has 3 heteroatoms. The molecule has 20 heavy (non-hydrogen) atoms. The molecular formula is C17H26ClNO. The average molecular weight is 296 g/mol. The quantitative estimate of drug-likeness (QED) is 0.851. The van der Waals surface area contributed by atoms with Gasteiger partial charge in [-0.3, -0.25) is 0 Å². The van der Waals surface area contributed by atoms with Crippen molar-refractivity contribution >= 4 is 11.6 Å². The van der Waals surface area contributed by atoms with Crippen molar-refractivity contribution in [3.63, 3.8) is 0 Å². The van der Waals surface area contributed by atoms with Gasteiger partial charge in [-0.2, -0.15) is 0 Å². The molecule has 1 aliphatic carbocycles. The Morgan fingerprint density at radius 2 is 1.85 bits per heavy atom. The topological polar surface area (TPSA) is 21.3 Å². The van der Waals surface area contributed by atoms with E-state index < -0.39 is 0 Å². The van der Waals surface area contributed by atoms with Crippen LogP contribution in [0.25, 0.3) is 0 Å². The first-order chi connectivity index (χ1) is 9.27. The largest absolute Gasteiger partial charge is 0.497 e. The molecule has 2 nitrogen and oxygen atoms in total. The van der Waals surface area contributed by atoms with E-state index in [1.54, 1.807) is 7.11 Å². The lowest BCUT2D eigenvalue weighted by molar-refractivity contribution is 0.408. The van der Waals surface area contributed by atoms with Gasteiger partial charge in [-0.25, -0.2) is 0 Å². The molecule has 1 fully saturated rings. The van der Waals surface area contributed by atoms with Gasteiger partial charge in [0.15, 0.2) is 0 Å². The van der Waals surface area contributed by atoms with Crippen LogP contribution in [0.5, 0.6) is 5.75 Å². The summed E-state index contributed by atoms with van der Waals surface area (Å²) in [6.07, 6.45) is 0. The van der Waals surface area contributed by atoms with Crippen LogP contribution in [0.2, 0.25) is 5.02 Å². The maximum Gasteiger partial charge on any atom is 0.120 e. The first kappa shape index (κ1) is 15.7. The number of hydrogen-bond donors (Lipinski definition) is 1. The second-order valence-electron chi connectivity index (χ2n) is 6.84. The molecule has 112 valence electrons. The van der Waals surface area contributed by atoms with Crippen molar-refractivity contribution in [2.24, 2.45) is 16.7 Å². The zero-order chi connectivity index (χ0) is 15.1. The van der Waals surface area contributed by atoms with Crippen molar-refractivity contribution in [2.75, 3.05) is 13.7 Å². The van der Waals surface area contributed by atoms with Gasteiger partial charge in [0.25, 0.3) is 0 Å². The monoisotopic (exact) mass is 295 g/mol. The van der Waals surface area contributed by atoms with Gasteiger partial charge in [0.2, 0.25) is 0 Å². The van der Waals surface area contributed by atoms with Gasteiger partial charge in [0.05, 0.1) is 7.11 Å². The first-order valence-corrected chi connectivity index (χ1v) is 7.72. The molecule has 0 aromatic heterocycles. The summed E-state index contributed by atoms with van der Waals surface area (Å²) in [6, 6.07) is 6.29.